The third kappa shape index (κ3) is 9.49. The zero-order valence-corrected chi connectivity index (χ0v) is 28.8. The number of benzene rings is 5. The monoisotopic (exact) mass is 703 g/mol. The van der Waals surface area contributed by atoms with Gasteiger partial charge in [0.15, 0.2) is 0 Å². The van der Waals surface area contributed by atoms with Gasteiger partial charge in [0, 0.05) is 21.8 Å². The smallest absolute Gasteiger partial charge is 0.337 e. The van der Waals surface area contributed by atoms with Gasteiger partial charge in [-0.15, -0.1) is 11.8 Å². The average Bonchev–Trinajstić information content (AvgIpc) is 3.12. The molecule has 0 heterocycles. The van der Waals surface area contributed by atoms with Gasteiger partial charge in [0.25, 0.3) is 11.8 Å². The number of carboxylic acids is 1. The molecule has 5 aromatic rings. The minimum Gasteiger partial charge on any atom is -0.478 e. The Morgan fingerprint density at radius 1 is 0.720 bits per heavy atom. The molecule has 252 valence electrons. The second kappa shape index (κ2) is 16.6. The van der Waals surface area contributed by atoms with E-state index in [1.807, 2.05) is 60.7 Å². The maximum Gasteiger partial charge on any atom is 0.337 e. The molecule has 0 saturated heterocycles. The maximum absolute atomic E-state index is 13.6. The molecule has 5 aromatic carbocycles. The Kier molecular flexibility index (Phi) is 11.9. The van der Waals surface area contributed by atoms with E-state index in [-0.39, 0.29) is 22.2 Å². The Hall–Kier alpha value is -5.64. The predicted molar refractivity (Wildman–Crippen MR) is 200 cm³/mol. The molecular formula is C40H34ClN3O5S. The standard InChI is InChI=1S/C40H34ClN3O5S/c1-25(2)27-15-13-26(14-16-27)23-35(44-37(45)29-11-7-4-8-12-29)38(46)42-30-17-20-32(21-18-30)50-36(28-9-5-3-6-10-28)39(47)43-31-19-22-34(41)33(24-31)40(48)49/h3-25,36H,1-2H3,(H,42,46)(H,43,47)(H,44,45)(H,48,49)/b35-23-. The summed E-state index contributed by atoms with van der Waals surface area (Å²) in [4.78, 5) is 52.5. The zero-order chi connectivity index (χ0) is 35.6. The van der Waals surface area contributed by atoms with Crippen molar-refractivity contribution < 1.29 is 24.3 Å². The van der Waals surface area contributed by atoms with Gasteiger partial charge in [0.05, 0.1) is 10.6 Å². The molecule has 8 nitrogen and oxygen atoms in total. The fraction of sp³-hybridized carbons (Fsp3) is 0.100. The van der Waals surface area contributed by atoms with Gasteiger partial charge in [0.2, 0.25) is 5.91 Å². The summed E-state index contributed by atoms with van der Waals surface area (Å²) in [7, 11) is 0. The Morgan fingerprint density at radius 2 is 1.34 bits per heavy atom. The highest BCUT2D eigenvalue weighted by Crippen LogP contribution is 2.37. The van der Waals surface area contributed by atoms with Crippen LogP contribution in [-0.2, 0) is 9.59 Å². The van der Waals surface area contributed by atoms with Crippen LogP contribution in [-0.4, -0.2) is 28.8 Å². The first kappa shape index (κ1) is 35.7. The van der Waals surface area contributed by atoms with Gasteiger partial charge < -0.3 is 21.1 Å². The topological polar surface area (TPSA) is 125 Å². The number of hydrogen-bond donors (Lipinski definition) is 4. The first-order valence-corrected chi connectivity index (χ1v) is 17.0. The number of amides is 3. The van der Waals surface area contributed by atoms with Gasteiger partial charge in [0.1, 0.15) is 10.9 Å². The van der Waals surface area contributed by atoms with Crippen molar-refractivity contribution in [1.29, 1.82) is 0 Å². The highest BCUT2D eigenvalue weighted by molar-refractivity contribution is 8.00. The van der Waals surface area contributed by atoms with Crippen LogP contribution in [0.1, 0.15) is 62.4 Å². The van der Waals surface area contributed by atoms with Crippen molar-refractivity contribution in [2.45, 2.75) is 29.9 Å². The number of anilines is 2. The molecule has 0 aliphatic carbocycles. The average molecular weight is 704 g/mol. The summed E-state index contributed by atoms with van der Waals surface area (Å²) in [6.07, 6.45) is 1.63. The number of aromatic carboxylic acids is 1. The maximum atomic E-state index is 13.6. The van der Waals surface area contributed by atoms with Crippen LogP contribution >= 0.6 is 23.4 Å². The van der Waals surface area contributed by atoms with Gasteiger partial charge >= 0.3 is 5.97 Å². The molecule has 0 aliphatic heterocycles. The SMILES string of the molecule is CC(C)c1ccc(/C=C(\NC(=O)c2ccccc2)C(=O)Nc2ccc(SC(C(=O)Nc3ccc(Cl)c(C(=O)O)c3)c3ccccc3)cc2)cc1. The number of hydrogen-bond acceptors (Lipinski definition) is 5. The number of rotatable bonds is 12. The molecule has 0 spiro atoms. The summed E-state index contributed by atoms with van der Waals surface area (Å²) in [5.41, 5.74) is 3.80. The molecule has 10 heteroatoms. The van der Waals surface area contributed by atoms with Crippen molar-refractivity contribution in [1.82, 2.24) is 5.32 Å². The molecule has 0 radical (unpaired) electrons. The van der Waals surface area contributed by atoms with Gasteiger partial charge in [-0.3, -0.25) is 14.4 Å². The van der Waals surface area contributed by atoms with Crippen LogP contribution in [0.3, 0.4) is 0 Å². The number of carboxylic acid groups (broad SMARTS) is 1. The largest absolute Gasteiger partial charge is 0.478 e. The van der Waals surface area contributed by atoms with Crippen LogP contribution in [0, 0.1) is 0 Å². The van der Waals surface area contributed by atoms with Gasteiger partial charge in [-0.1, -0.05) is 98.2 Å². The summed E-state index contributed by atoms with van der Waals surface area (Å²) < 4.78 is 0. The molecule has 0 aromatic heterocycles. The van der Waals surface area contributed by atoms with E-state index in [9.17, 15) is 24.3 Å². The molecule has 0 saturated carbocycles. The lowest BCUT2D eigenvalue weighted by Crippen LogP contribution is -2.30. The summed E-state index contributed by atoms with van der Waals surface area (Å²) in [5, 5.41) is 17.3. The minimum absolute atomic E-state index is 0.0677. The van der Waals surface area contributed by atoms with Crippen molar-refractivity contribution in [3.63, 3.8) is 0 Å². The zero-order valence-electron chi connectivity index (χ0n) is 27.2. The molecule has 50 heavy (non-hydrogen) atoms. The number of carbonyl (C=O) groups is 4. The first-order valence-electron chi connectivity index (χ1n) is 15.7. The van der Waals surface area contributed by atoms with E-state index in [4.69, 9.17) is 11.6 Å². The normalized spacial score (nSPS) is 11.8. The first-order chi connectivity index (χ1) is 24.1. The van der Waals surface area contributed by atoms with E-state index < -0.39 is 23.0 Å². The predicted octanol–water partition coefficient (Wildman–Crippen LogP) is 9.04. The third-order valence-electron chi connectivity index (χ3n) is 7.61. The van der Waals surface area contributed by atoms with Gasteiger partial charge in [-0.2, -0.15) is 0 Å². The lowest BCUT2D eigenvalue weighted by atomic mass is 10.0. The number of halogens is 1. The van der Waals surface area contributed by atoms with Crippen molar-refractivity contribution in [3.8, 4) is 0 Å². The molecule has 0 bridgehead atoms. The lowest BCUT2D eigenvalue weighted by molar-refractivity contribution is -0.116. The van der Waals surface area contributed by atoms with E-state index in [0.717, 1.165) is 21.6 Å². The number of carbonyl (C=O) groups excluding carboxylic acids is 3. The van der Waals surface area contributed by atoms with Crippen molar-refractivity contribution in [2.75, 3.05) is 10.6 Å². The fourth-order valence-corrected chi connectivity index (χ4v) is 6.14. The molecule has 5 rings (SSSR count). The van der Waals surface area contributed by atoms with E-state index in [2.05, 4.69) is 29.8 Å². The molecule has 1 unspecified atom stereocenters. The molecule has 4 N–H and O–H groups in total. The van der Waals surface area contributed by atoms with Crippen LogP contribution in [0.15, 0.2) is 138 Å². The Labute approximate surface area is 299 Å². The lowest BCUT2D eigenvalue weighted by Gasteiger charge is -2.18. The van der Waals surface area contributed by atoms with Crippen molar-refractivity contribution in [3.05, 3.63) is 166 Å². The third-order valence-corrected chi connectivity index (χ3v) is 9.21. The van der Waals surface area contributed by atoms with E-state index in [0.29, 0.717) is 22.9 Å². The minimum atomic E-state index is -1.20. The Bertz CT molecular complexity index is 2020. The fourth-order valence-electron chi connectivity index (χ4n) is 4.91. The van der Waals surface area contributed by atoms with E-state index >= 15 is 0 Å². The molecular weight excluding hydrogens is 670 g/mol. The molecule has 3 amide bonds. The van der Waals surface area contributed by atoms with E-state index in [1.54, 1.807) is 60.7 Å². The molecule has 0 aliphatic rings. The summed E-state index contributed by atoms with van der Waals surface area (Å²) in [6, 6.07) is 36.9. The quantitative estimate of drug-likeness (QED) is 0.0759. The van der Waals surface area contributed by atoms with Gasteiger partial charge in [-0.05, 0) is 83.3 Å². The second-order valence-electron chi connectivity index (χ2n) is 11.6. The summed E-state index contributed by atoms with van der Waals surface area (Å²) in [5.74, 6) is -2.13. The number of nitrogens with one attached hydrogen (secondary N) is 3. The van der Waals surface area contributed by atoms with Gasteiger partial charge in [-0.25, -0.2) is 4.79 Å². The molecule has 0 fully saturated rings. The van der Waals surface area contributed by atoms with Crippen LogP contribution in [0.5, 0.6) is 0 Å². The second-order valence-corrected chi connectivity index (χ2v) is 13.2. The van der Waals surface area contributed by atoms with Crippen LogP contribution in [0.2, 0.25) is 5.02 Å². The number of thioether (sulfide) groups is 1. The van der Waals surface area contributed by atoms with E-state index in [1.165, 1.54) is 23.9 Å². The van der Waals surface area contributed by atoms with Crippen LogP contribution in [0.4, 0.5) is 11.4 Å². The van der Waals surface area contributed by atoms with Crippen molar-refractivity contribution in [2.24, 2.45) is 0 Å². The van der Waals surface area contributed by atoms with Crippen LogP contribution < -0.4 is 16.0 Å². The highest BCUT2D eigenvalue weighted by atomic mass is 35.5. The molecule has 1 atom stereocenters. The Morgan fingerprint density at radius 3 is 1.96 bits per heavy atom. The highest BCUT2D eigenvalue weighted by Gasteiger charge is 2.23. The summed E-state index contributed by atoms with van der Waals surface area (Å²) in [6.45, 7) is 4.20. The Balaban J connectivity index is 1.34. The van der Waals surface area contributed by atoms with Crippen molar-refractivity contribution >= 4 is 64.5 Å². The van der Waals surface area contributed by atoms with Crippen LogP contribution in [0.25, 0.3) is 6.08 Å². The summed E-state index contributed by atoms with van der Waals surface area (Å²) >= 11 is 7.30.